The van der Waals surface area contributed by atoms with Gasteiger partial charge in [-0.1, -0.05) is 78.6 Å². The van der Waals surface area contributed by atoms with Crippen LogP contribution in [0, 0.1) is 0 Å². The number of hydrogen-bond acceptors (Lipinski definition) is 3. The Bertz CT molecular complexity index is 295. The molecule has 28 heavy (non-hydrogen) atoms. The van der Waals surface area contributed by atoms with Crippen LogP contribution in [-0.4, -0.2) is 33.2 Å². The number of carboxylic acid groups (broad SMARTS) is 3. The molecule has 0 spiro atoms. The minimum atomic E-state index is -0.675. The smallest absolute Gasteiger partial charge is 0.303 e. The van der Waals surface area contributed by atoms with Gasteiger partial charge in [0.1, 0.15) is 0 Å². The van der Waals surface area contributed by atoms with E-state index in [2.05, 4.69) is 20.8 Å². The lowest BCUT2D eigenvalue weighted by Gasteiger charge is -1.92. The topological polar surface area (TPSA) is 112 Å². The van der Waals surface area contributed by atoms with Crippen molar-refractivity contribution in [3.05, 3.63) is 0 Å². The van der Waals surface area contributed by atoms with Crippen molar-refractivity contribution in [2.75, 3.05) is 0 Å². The largest absolute Gasteiger partial charge is 0.481 e. The van der Waals surface area contributed by atoms with Gasteiger partial charge < -0.3 is 15.3 Å². The molecule has 7 heteroatoms. The van der Waals surface area contributed by atoms with Crippen LogP contribution in [0.5, 0.6) is 0 Å². The lowest BCUT2D eigenvalue weighted by Crippen LogP contribution is -1.92. The van der Waals surface area contributed by atoms with Gasteiger partial charge in [0.05, 0.1) is 0 Å². The SMILES string of the molecule is CCCCCCC(=O)O.CCCCCCC(=O)O.CCCCCCC(=O)O.P. The average molecular weight is 425 g/mol. The van der Waals surface area contributed by atoms with Crippen molar-refractivity contribution < 1.29 is 29.7 Å². The second-order valence-corrected chi connectivity index (χ2v) is 6.61. The number of carbonyl (C=O) groups is 3. The molecule has 0 aliphatic carbocycles. The molecule has 0 radical (unpaired) electrons. The average Bonchev–Trinajstić information content (AvgIpc) is 2.60. The van der Waals surface area contributed by atoms with E-state index in [1.165, 1.54) is 19.3 Å². The van der Waals surface area contributed by atoms with Gasteiger partial charge in [-0.3, -0.25) is 14.4 Å². The Morgan fingerprint density at radius 1 is 0.464 bits per heavy atom. The van der Waals surface area contributed by atoms with Gasteiger partial charge in [0, 0.05) is 19.3 Å². The maximum absolute atomic E-state index is 9.96. The third-order valence-corrected chi connectivity index (χ3v) is 3.73. The highest BCUT2D eigenvalue weighted by Crippen LogP contribution is 2.02. The van der Waals surface area contributed by atoms with Crippen molar-refractivity contribution in [2.45, 2.75) is 117 Å². The second kappa shape index (κ2) is 30.6. The number of rotatable bonds is 15. The van der Waals surface area contributed by atoms with E-state index in [1.54, 1.807) is 0 Å². The summed E-state index contributed by atoms with van der Waals surface area (Å²) >= 11 is 0. The summed E-state index contributed by atoms with van der Waals surface area (Å²) in [5.74, 6) is -2.02. The van der Waals surface area contributed by atoms with Crippen LogP contribution in [0.15, 0.2) is 0 Å². The molecule has 0 bridgehead atoms. The van der Waals surface area contributed by atoms with Gasteiger partial charge in [-0.25, -0.2) is 0 Å². The standard InChI is InChI=1S/3C7H14O2.H3P/c3*1-2-3-4-5-6-7(8)9;/h3*2-6H2,1H3,(H,8,9);1H3. The van der Waals surface area contributed by atoms with Crippen LogP contribution in [-0.2, 0) is 14.4 Å². The van der Waals surface area contributed by atoms with E-state index < -0.39 is 17.9 Å². The Hall–Kier alpha value is -1.16. The molecule has 0 aromatic rings. The summed E-state index contributed by atoms with van der Waals surface area (Å²) in [5.41, 5.74) is 0. The van der Waals surface area contributed by atoms with Gasteiger partial charge in [0.15, 0.2) is 0 Å². The predicted octanol–water partition coefficient (Wildman–Crippen LogP) is 6.18. The third-order valence-electron chi connectivity index (χ3n) is 3.73. The van der Waals surface area contributed by atoms with Crippen molar-refractivity contribution in [1.29, 1.82) is 0 Å². The third kappa shape index (κ3) is 49.8. The molecule has 0 heterocycles. The van der Waals surface area contributed by atoms with E-state index in [-0.39, 0.29) is 9.90 Å². The normalized spacial score (nSPS) is 9.11. The number of unbranched alkanes of at least 4 members (excludes halogenated alkanes) is 9. The van der Waals surface area contributed by atoms with Crippen LogP contribution in [0.1, 0.15) is 117 Å². The Labute approximate surface area is 175 Å². The van der Waals surface area contributed by atoms with Crippen LogP contribution in [0.25, 0.3) is 0 Å². The van der Waals surface area contributed by atoms with Crippen molar-refractivity contribution in [3.63, 3.8) is 0 Å². The minimum absolute atomic E-state index is 0. The first-order valence-electron chi connectivity index (χ1n) is 10.5. The molecule has 0 saturated heterocycles. The lowest BCUT2D eigenvalue weighted by atomic mass is 10.2. The van der Waals surface area contributed by atoms with Crippen molar-refractivity contribution in [2.24, 2.45) is 0 Å². The molecule has 3 N–H and O–H groups in total. The van der Waals surface area contributed by atoms with Crippen molar-refractivity contribution in [1.82, 2.24) is 0 Å². The molecule has 0 aliphatic rings. The van der Waals surface area contributed by atoms with Gasteiger partial charge in [0.25, 0.3) is 0 Å². The predicted molar refractivity (Wildman–Crippen MR) is 120 cm³/mol. The van der Waals surface area contributed by atoms with Gasteiger partial charge in [-0.2, -0.15) is 9.90 Å². The Morgan fingerprint density at radius 2 is 0.679 bits per heavy atom. The summed E-state index contributed by atoms with van der Waals surface area (Å²) in [6, 6.07) is 0. The highest BCUT2D eigenvalue weighted by molar-refractivity contribution is 6.92. The summed E-state index contributed by atoms with van der Waals surface area (Å²) in [7, 11) is 0. The monoisotopic (exact) mass is 424 g/mol. The number of carboxylic acids is 3. The zero-order valence-corrected chi connectivity index (χ0v) is 19.8. The van der Waals surface area contributed by atoms with Gasteiger partial charge in [-0.15, -0.1) is 0 Å². The molecule has 0 rings (SSSR count). The summed E-state index contributed by atoms with van der Waals surface area (Å²) in [6.07, 6.45) is 13.7. The summed E-state index contributed by atoms with van der Waals surface area (Å²) in [6.45, 7) is 6.34. The highest BCUT2D eigenvalue weighted by Gasteiger charge is 1.95. The Balaban J connectivity index is -0.000000152. The summed E-state index contributed by atoms with van der Waals surface area (Å²) < 4.78 is 0. The van der Waals surface area contributed by atoms with Gasteiger partial charge >= 0.3 is 17.9 Å². The maximum atomic E-state index is 9.96. The fourth-order valence-electron chi connectivity index (χ4n) is 2.11. The first-order chi connectivity index (χ1) is 12.8. The first-order valence-corrected chi connectivity index (χ1v) is 10.5. The molecule has 170 valence electrons. The number of hydrogen-bond donors (Lipinski definition) is 3. The molecule has 0 fully saturated rings. The first kappa shape index (κ1) is 34.4. The zero-order chi connectivity index (χ0) is 21.3. The molecule has 0 aromatic heterocycles. The van der Waals surface area contributed by atoms with E-state index >= 15 is 0 Å². The van der Waals surface area contributed by atoms with Crippen molar-refractivity contribution in [3.8, 4) is 0 Å². The summed E-state index contributed by atoms with van der Waals surface area (Å²) in [4.78, 5) is 29.9. The number of aliphatic carboxylic acids is 3. The van der Waals surface area contributed by atoms with E-state index in [4.69, 9.17) is 15.3 Å². The Morgan fingerprint density at radius 3 is 0.821 bits per heavy atom. The molecule has 1 atom stereocenters. The van der Waals surface area contributed by atoms with Crippen LogP contribution in [0.4, 0.5) is 0 Å². The molecule has 1 unspecified atom stereocenters. The van der Waals surface area contributed by atoms with E-state index in [0.29, 0.717) is 19.3 Å². The van der Waals surface area contributed by atoms with Crippen LogP contribution >= 0.6 is 9.90 Å². The van der Waals surface area contributed by atoms with Crippen LogP contribution < -0.4 is 0 Å². The molecule has 0 aliphatic heterocycles. The second-order valence-electron chi connectivity index (χ2n) is 6.61. The Kier molecular flexibility index (Phi) is 37.5. The maximum Gasteiger partial charge on any atom is 0.303 e. The minimum Gasteiger partial charge on any atom is -0.481 e. The van der Waals surface area contributed by atoms with Gasteiger partial charge in [0.2, 0.25) is 0 Å². The fourth-order valence-corrected chi connectivity index (χ4v) is 2.11. The quantitative estimate of drug-likeness (QED) is 0.214. The molecule has 0 saturated carbocycles. The lowest BCUT2D eigenvalue weighted by molar-refractivity contribution is -0.138. The van der Waals surface area contributed by atoms with Gasteiger partial charge in [-0.05, 0) is 19.3 Å². The molecular formula is C21H45O6P. The van der Waals surface area contributed by atoms with E-state index in [9.17, 15) is 14.4 Å². The highest BCUT2D eigenvalue weighted by atomic mass is 31.0. The zero-order valence-electron chi connectivity index (χ0n) is 18.4. The molecule has 0 aromatic carbocycles. The fraction of sp³-hybridized carbons (Fsp3) is 0.857. The van der Waals surface area contributed by atoms with Crippen molar-refractivity contribution >= 4 is 27.8 Å². The summed E-state index contributed by atoms with van der Waals surface area (Å²) in [5, 5.41) is 24.6. The van der Waals surface area contributed by atoms with Crippen LogP contribution in [0.3, 0.4) is 0 Å². The van der Waals surface area contributed by atoms with Crippen LogP contribution in [0.2, 0.25) is 0 Å². The van der Waals surface area contributed by atoms with E-state index in [1.807, 2.05) is 0 Å². The molecule has 6 nitrogen and oxygen atoms in total. The molecule has 0 amide bonds. The molecular weight excluding hydrogens is 379 g/mol. The van der Waals surface area contributed by atoms with E-state index in [0.717, 1.165) is 57.8 Å².